The molecule has 3 rings (SSSR count). The molecule has 1 aliphatic carbocycles. The van der Waals surface area contributed by atoms with E-state index in [4.69, 9.17) is 14.6 Å². The SMILES string of the molecule is CCC(C)c1ccc(O)cc1.CCC(C)c1ccc(OC(C)OCC2CCCCC2)cc1. The number of ether oxygens (including phenoxy) is 2. The van der Waals surface area contributed by atoms with Gasteiger partial charge in [0.1, 0.15) is 11.5 Å². The van der Waals surface area contributed by atoms with Crippen molar-refractivity contribution in [3.05, 3.63) is 59.7 Å². The first-order chi connectivity index (χ1) is 15.4. The summed E-state index contributed by atoms with van der Waals surface area (Å²) in [6, 6.07) is 15.9. The maximum Gasteiger partial charge on any atom is 0.196 e. The molecule has 1 N–H and O–H groups in total. The van der Waals surface area contributed by atoms with Gasteiger partial charge >= 0.3 is 0 Å². The average molecular weight is 441 g/mol. The molecule has 1 aliphatic rings. The summed E-state index contributed by atoms with van der Waals surface area (Å²) >= 11 is 0. The van der Waals surface area contributed by atoms with Crippen LogP contribution in [0.1, 0.15) is 103 Å². The van der Waals surface area contributed by atoms with E-state index in [1.165, 1.54) is 49.7 Å². The molecular weight excluding hydrogens is 396 g/mol. The first-order valence-corrected chi connectivity index (χ1v) is 12.6. The predicted molar refractivity (Wildman–Crippen MR) is 135 cm³/mol. The molecular formula is C29H44O3. The highest BCUT2D eigenvalue weighted by atomic mass is 16.7. The van der Waals surface area contributed by atoms with Crippen molar-refractivity contribution in [2.75, 3.05) is 6.61 Å². The van der Waals surface area contributed by atoms with E-state index in [9.17, 15) is 0 Å². The Bertz CT molecular complexity index is 732. The lowest BCUT2D eigenvalue weighted by atomic mass is 9.90. The molecule has 0 aromatic heterocycles. The van der Waals surface area contributed by atoms with Crippen LogP contribution in [0.25, 0.3) is 0 Å². The van der Waals surface area contributed by atoms with Crippen LogP contribution in [0, 0.1) is 5.92 Å². The van der Waals surface area contributed by atoms with Gasteiger partial charge < -0.3 is 14.6 Å². The van der Waals surface area contributed by atoms with Crippen molar-refractivity contribution in [3.8, 4) is 11.5 Å². The Balaban J connectivity index is 0.000000278. The van der Waals surface area contributed by atoms with Gasteiger partial charge in [-0.2, -0.15) is 0 Å². The second kappa shape index (κ2) is 14.2. The van der Waals surface area contributed by atoms with Crippen molar-refractivity contribution in [1.29, 1.82) is 0 Å². The monoisotopic (exact) mass is 440 g/mol. The molecule has 0 heterocycles. The molecule has 1 fully saturated rings. The second-order valence-electron chi connectivity index (χ2n) is 9.30. The third-order valence-corrected chi connectivity index (χ3v) is 6.73. The lowest BCUT2D eigenvalue weighted by molar-refractivity contribution is -0.0820. The zero-order valence-electron chi connectivity index (χ0n) is 20.8. The van der Waals surface area contributed by atoms with Gasteiger partial charge in [0.25, 0.3) is 0 Å². The fraction of sp³-hybridized carbons (Fsp3) is 0.586. The first-order valence-electron chi connectivity index (χ1n) is 12.6. The predicted octanol–water partition coefficient (Wildman–Crippen LogP) is 8.43. The van der Waals surface area contributed by atoms with Gasteiger partial charge in [-0.05, 0) is 85.8 Å². The van der Waals surface area contributed by atoms with Crippen molar-refractivity contribution >= 4 is 0 Å². The normalized spacial score (nSPS) is 17.0. The van der Waals surface area contributed by atoms with Gasteiger partial charge in [0, 0.05) is 0 Å². The molecule has 0 spiro atoms. The Hall–Kier alpha value is -2.00. The quantitative estimate of drug-likeness (QED) is 0.398. The molecule has 3 atom stereocenters. The lowest BCUT2D eigenvalue weighted by Crippen LogP contribution is -2.22. The summed E-state index contributed by atoms with van der Waals surface area (Å²) in [6.07, 6.45) is 8.89. The van der Waals surface area contributed by atoms with Gasteiger partial charge in [0.05, 0.1) is 6.61 Å². The molecule has 3 unspecified atom stereocenters. The van der Waals surface area contributed by atoms with Gasteiger partial charge in [-0.1, -0.05) is 71.2 Å². The fourth-order valence-electron chi connectivity index (χ4n) is 4.00. The lowest BCUT2D eigenvalue weighted by Gasteiger charge is -2.23. The van der Waals surface area contributed by atoms with E-state index < -0.39 is 0 Å². The number of aromatic hydroxyl groups is 1. The smallest absolute Gasteiger partial charge is 0.196 e. The molecule has 0 saturated heterocycles. The minimum Gasteiger partial charge on any atom is -0.508 e. The molecule has 178 valence electrons. The van der Waals surface area contributed by atoms with Crippen LogP contribution < -0.4 is 4.74 Å². The molecule has 1 saturated carbocycles. The summed E-state index contributed by atoms with van der Waals surface area (Å²) in [5.74, 6) is 3.18. The fourth-order valence-corrected chi connectivity index (χ4v) is 4.00. The third kappa shape index (κ3) is 9.24. The number of phenolic OH excluding ortho intramolecular Hbond substituents is 1. The standard InChI is InChI=1S/C19H30O2.C10H14O/c1-4-15(2)18-10-12-19(13-11-18)21-16(3)20-14-17-8-6-5-7-9-17;1-3-8(2)9-4-6-10(11)7-5-9/h10-13,15-17H,4-9,14H2,1-3H3;4-8,11H,3H2,1-2H3. The van der Waals surface area contributed by atoms with E-state index in [1.54, 1.807) is 12.1 Å². The summed E-state index contributed by atoms with van der Waals surface area (Å²) < 4.78 is 11.7. The van der Waals surface area contributed by atoms with Crippen LogP contribution in [0.15, 0.2) is 48.5 Å². The number of benzene rings is 2. The van der Waals surface area contributed by atoms with E-state index >= 15 is 0 Å². The van der Waals surface area contributed by atoms with Crippen LogP contribution in [0.5, 0.6) is 11.5 Å². The third-order valence-electron chi connectivity index (χ3n) is 6.73. The van der Waals surface area contributed by atoms with E-state index in [0.717, 1.165) is 24.7 Å². The zero-order valence-corrected chi connectivity index (χ0v) is 20.8. The van der Waals surface area contributed by atoms with Crippen LogP contribution in [0.3, 0.4) is 0 Å². The van der Waals surface area contributed by atoms with Gasteiger partial charge in [0.15, 0.2) is 6.29 Å². The zero-order chi connectivity index (χ0) is 23.3. The highest BCUT2D eigenvalue weighted by Gasteiger charge is 2.15. The summed E-state index contributed by atoms with van der Waals surface area (Å²) in [6.45, 7) is 11.7. The van der Waals surface area contributed by atoms with E-state index in [-0.39, 0.29) is 6.29 Å². The molecule has 0 amide bonds. The summed E-state index contributed by atoms with van der Waals surface area (Å²) in [5, 5.41) is 9.01. The van der Waals surface area contributed by atoms with Gasteiger partial charge in [-0.3, -0.25) is 0 Å². The molecule has 2 aromatic carbocycles. The Morgan fingerprint density at radius 2 is 1.28 bits per heavy atom. The maximum atomic E-state index is 9.01. The number of phenols is 1. The van der Waals surface area contributed by atoms with Crippen LogP contribution in [0.4, 0.5) is 0 Å². The van der Waals surface area contributed by atoms with Crippen LogP contribution >= 0.6 is 0 Å². The topological polar surface area (TPSA) is 38.7 Å². The molecule has 0 aliphatic heterocycles. The first kappa shape index (κ1) is 26.3. The minimum atomic E-state index is -0.165. The molecule has 0 bridgehead atoms. The van der Waals surface area contributed by atoms with Crippen molar-refractivity contribution in [2.45, 2.75) is 97.7 Å². The maximum absolute atomic E-state index is 9.01. The van der Waals surface area contributed by atoms with E-state index in [0.29, 0.717) is 17.6 Å². The number of rotatable bonds is 9. The number of hydrogen-bond acceptors (Lipinski definition) is 3. The Kier molecular flexibility index (Phi) is 11.7. The van der Waals surface area contributed by atoms with Crippen molar-refractivity contribution in [1.82, 2.24) is 0 Å². The van der Waals surface area contributed by atoms with Gasteiger partial charge in [0.2, 0.25) is 0 Å². The van der Waals surface area contributed by atoms with Crippen molar-refractivity contribution in [3.63, 3.8) is 0 Å². The molecule has 3 heteroatoms. The molecule has 0 radical (unpaired) electrons. The van der Waals surface area contributed by atoms with E-state index in [2.05, 4.69) is 52.0 Å². The van der Waals surface area contributed by atoms with Crippen LogP contribution in [-0.2, 0) is 4.74 Å². The van der Waals surface area contributed by atoms with Crippen molar-refractivity contribution < 1.29 is 14.6 Å². The highest BCUT2D eigenvalue weighted by Crippen LogP contribution is 2.25. The summed E-state index contributed by atoms with van der Waals surface area (Å²) in [5.41, 5.74) is 2.67. The van der Waals surface area contributed by atoms with E-state index in [1.807, 2.05) is 19.1 Å². The largest absolute Gasteiger partial charge is 0.508 e. The Morgan fingerprint density at radius 1 is 0.781 bits per heavy atom. The second-order valence-corrected chi connectivity index (χ2v) is 9.30. The Labute approximate surface area is 196 Å². The minimum absolute atomic E-state index is 0.165. The Morgan fingerprint density at radius 3 is 1.78 bits per heavy atom. The number of hydrogen-bond donors (Lipinski definition) is 1. The van der Waals surface area contributed by atoms with Crippen LogP contribution in [-0.4, -0.2) is 18.0 Å². The van der Waals surface area contributed by atoms with Gasteiger partial charge in [-0.25, -0.2) is 0 Å². The van der Waals surface area contributed by atoms with Crippen LogP contribution in [0.2, 0.25) is 0 Å². The van der Waals surface area contributed by atoms with Gasteiger partial charge in [-0.15, -0.1) is 0 Å². The highest BCUT2D eigenvalue weighted by molar-refractivity contribution is 5.29. The summed E-state index contributed by atoms with van der Waals surface area (Å²) in [4.78, 5) is 0. The average Bonchev–Trinajstić information content (AvgIpc) is 2.84. The summed E-state index contributed by atoms with van der Waals surface area (Å²) in [7, 11) is 0. The molecule has 32 heavy (non-hydrogen) atoms. The molecule has 2 aromatic rings. The van der Waals surface area contributed by atoms with Crippen molar-refractivity contribution in [2.24, 2.45) is 5.92 Å². The molecule has 3 nitrogen and oxygen atoms in total.